The molecular formula is C12H20N2O3. The van der Waals surface area contributed by atoms with Crippen molar-refractivity contribution in [3.05, 3.63) is 11.9 Å². The molecule has 1 heterocycles. The lowest BCUT2D eigenvalue weighted by molar-refractivity contribution is 0.0631. The molecule has 0 spiro atoms. The van der Waals surface area contributed by atoms with Crippen LogP contribution in [0, 0.1) is 5.92 Å². The summed E-state index contributed by atoms with van der Waals surface area (Å²) in [7, 11) is 1.49. The van der Waals surface area contributed by atoms with Gasteiger partial charge in [0.2, 0.25) is 5.78 Å². The molecular weight excluding hydrogens is 220 g/mol. The zero-order valence-electron chi connectivity index (χ0n) is 11.0. The lowest BCUT2D eigenvalue weighted by Crippen LogP contribution is -2.29. The normalized spacial score (nSPS) is 13.2. The fraction of sp³-hybridized carbons (Fsp3) is 0.667. The number of aliphatic hydroxyl groups is 1. The number of carbonyl (C=O) groups is 1. The highest BCUT2D eigenvalue weighted by Crippen LogP contribution is 2.23. The number of carbonyl (C=O) groups excluding carboxylic acids is 1. The highest BCUT2D eigenvalue weighted by molar-refractivity contribution is 6.00. The van der Waals surface area contributed by atoms with Crippen molar-refractivity contribution in [2.45, 2.75) is 39.8 Å². The summed E-state index contributed by atoms with van der Waals surface area (Å²) in [6.07, 6.45) is 0.471. The second-order valence-electron chi connectivity index (χ2n) is 4.65. The molecule has 1 unspecified atom stereocenters. The Hall–Kier alpha value is -1.36. The number of ketones is 1. The standard InChI is InChI=1S/C12H20N2O3/c1-7(2)11(15)12(16)10-9(17-5)6-13-14(10)8(3)4/h6-8,11,15H,1-5H3. The monoisotopic (exact) mass is 240 g/mol. The van der Waals surface area contributed by atoms with Gasteiger partial charge in [-0.25, -0.2) is 0 Å². The third kappa shape index (κ3) is 2.66. The molecule has 0 fully saturated rings. The average molecular weight is 240 g/mol. The molecule has 0 aliphatic carbocycles. The maximum absolute atomic E-state index is 12.2. The summed E-state index contributed by atoms with van der Waals surface area (Å²) in [4.78, 5) is 12.2. The van der Waals surface area contributed by atoms with Gasteiger partial charge < -0.3 is 9.84 Å². The second-order valence-corrected chi connectivity index (χ2v) is 4.65. The molecule has 0 aromatic carbocycles. The number of hydrogen-bond acceptors (Lipinski definition) is 4. The molecule has 0 aliphatic rings. The molecule has 5 nitrogen and oxygen atoms in total. The Labute approximate surface area is 101 Å². The highest BCUT2D eigenvalue weighted by atomic mass is 16.5. The Morgan fingerprint density at radius 3 is 2.41 bits per heavy atom. The van der Waals surface area contributed by atoms with Crippen LogP contribution >= 0.6 is 0 Å². The summed E-state index contributed by atoms with van der Waals surface area (Å²) in [5, 5.41) is 14.0. The summed E-state index contributed by atoms with van der Waals surface area (Å²) in [6, 6.07) is 0.0391. The number of ether oxygens (including phenoxy) is 1. The molecule has 1 aromatic heterocycles. The number of aromatic nitrogens is 2. The van der Waals surface area contributed by atoms with Crippen LogP contribution < -0.4 is 4.74 Å². The number of Topliss-reactive ketones (excluding diaryl/α,β-unsaturated/α-hetero) is 1. The van der Waals surface area contributed by atoms with Gasteiger partial charge in [-0.05, 0) is 19.8 Å². The smallest absolute Gasteiger partial charge is 0.213 e. The van der Waals surface area contributed by atoms with Crippen LogP contribution in [0.25, 0.3) is 0 Å². The molecule has 17 heavy (non-hydrogen) atoms. The van der Waals surface area contributed by atoms with Gasteiger partial charge in [0.05, 0.1) is 13.3 Å². The van der Waals surface area contributed by atoms with Crippen molar-refractivity contribution < 1.29 is 14.6 Å². The van der Waals surface area contributed by atoms with Gasteiger partial charge in [-0.15, -0.1) is 0 Å². The van der Waals surface area contributed by atoms with E-state index in [0.717, 1.165) is 0 Å². The van der Waals surface area contributed by atoms with Crippen LogP contribution in [0.3, 0.4) is 0 Å². The maximum atomic E-state index is 12.2. The molecule has 1 N–H and O–H groups in total. The summed E-state index contributed by atoms with van der Waals surface area (Å²) in [5.74, 6) is -0.0748. The van der Waals surface area contributed by atoms with E-state index in [1.807, 2.05) is 13.8 Å². The van der Waals surface area contributed by atoms with Crippen molar-refractivity contribution >= 4 is 5.78 Å². The van der Waals surface area contributed by atoms with Crippen molar-refractivity contribution in [3.63, 3.8) is 0 Å². The van der Waals surface area contributed by atoms with Gasteiger partial charge >= 0.3 is 0 Å². The van der Waals surface area contributed by atoms with Gasteiger partial charge in [0.15, 0.2) is 5.75 Å². The van der Waals surface area contributed by atoms with E-state index in [1.165, 1.54) is 13.3 Å². The third-order valence-electron chi connectivity index (χ3n) is 2.60. The molecule has 0 radical (unpaired) electrons. The number of rotatable bonds is 5. The molecule has 0 saturated carbocycles. The topological polar surface area (TPSA) is 64.4 Å². The molecule has 0 aliphatic heterocycles. The van der Waals surface area contributed by atoms with Crippen molar-refractivity contribution in [1.29, 1.82) is 0 Å². The van der Waals surface area contributed by atoms with Gasteiger partial charge in [0.1, 0.15) is 11.8 Å². The molecule has 0 bridgehead atoms. The highest BCUT2D eigenvalue weighted by Gasteiger charge is 2.28. The van der Waals surface area contributed by atoms with E-state index in [4.69, 9.17) is 4.74 Å². The van der Waals surface area contributed by atoms with E-state index in [1.54, 1.807) is 18.5 Å². The summed E-state index contributed by atoms with van der Waals surface area (Å²) in [6.45, 7) is 7.44. The van der Waals surface area contributed by atoms with Crippen LogP contribution in [0.1, 0.15) is 44.2 Å². The summed E-state index contributed by atoms with van der Waals surface area (Å²) >= 11 is 0. The minimum absolute atomic E-state index is 0.0391. The van der Waals surface area contributed by atoms with E-state index in [2.05, 4.69) is 5.10 Å². The van der Waals surface area contributed by atoms with Gasteiger partial charge in [-0.2, -0.15) is 5.10 Å². The summed E-state index contributed by atoms with van der Waals surface area (Å²) in [5.41, 5.74) is 0.337. The molecule has 1 rings (SSSR count). The zero-order chi connectivity index (χ0) is 13.2. The average Bonchev–Trinajstić information content (AvgIpc) is 2.70. The SMILES string of the molecule is COc1cnn(C(C)C)c1C(=O)C(O)C(C)C. The lowest BCUT2D eigenvalue weighted by atomic mass is 10.0. The first-order valence-corrected chi connectivity index (χ1v) is 5.73. The van der Waals surface area contributed by atoms with E-state index in [-0.39, 0.29) is 17.7 Å². The van der Waals surface area contributed by atoms with Crippen LogP contribution in [-0.2, 0) is 0 Å². The van der Waals surface area contributed by atoms with Crippen LogP contribution in [0.5, 0.6) is 5.75 Å². The van der Waals surface area contributed by atoms with Gasteiger partial charge in [0.25, 0.3) is 0 Å². The molecule has 1 aromatic rings. The van der Waals surface area contributed by atoms with Crippen molar-refractivity contribution in [3.8, 4) is 5.75 Å². The quantitative estimate of drug-likeness (QED) is 0.795. The molecule has 1 atom stereocenters. The van der Waals surface area contributed by atoms with Gasteiger partial charge in [-0.3, -0.25) is 9.48 Å². The van der Waals surface area contributed by atoms with Crippen molar-refractivity contribution in [2.24, 2.45) is 5.92 Å². The van der Waals surface area contributed by atoms with E-state index in [0.29, 0.717) is 11.4 Å². The Kier molecular flexibility index (Phi) is 4.28. The predicted molar refractivity (Wildman–Crippen MR) is 64.3 cm³/mol. The Balaban J connectivity index is 3.18. The fourth-order valence-electron chi connectivity index (χ4n) is 1.56. The largest absolute Gasteiger partial charge is 0.493 e. The zero-order valence-corrected chi connectivity index (χ0v) is 11.0. The van der Waals surface area contributed by atoms with Crippen LogP contribution in [-0.4, -0.2) is 33.9 Å². The molecule has 0 saturated heterocycles. The van der Waals surface area contributed by atoms with Crippen LogP contribution in [0.2, 0.25) is 0 Å². The van der Waals surface area contributed by atoms with Crippen LogP contribution in [0.15, 0.2) is 6.20 Å². The Morgan fingerprint density at radius 2 is 2.00 bits per heavy atom. The second kappa shape index (κ2) is 5.31. The molecule has 0 amide bonds. The predicted octanol–water partition coefficient (Wildman–Crippen LogP) is 1.67. The van der Waals surface area contributed by atoms with E-state index in [9.17, 15) is 9.90 Å². The van der Waals surface area contributed by atoms with E-state index < -0.39 is 6.10 Å². The van der Waals surface area contributed by atoms with Crippen molar-refractivity contribution in [2.75, 3.05) is 7.11 Å². The number of hydrogen-bond donors (Lipinski definition) is 1. The third-order valence-corrected chi connectivity index (χ3v) is 2.60. The summed E-state index contributed by atoms with van der Waals surface area (Å²) < 4.78 is 6.69. The van der Waals surface area contributed by atoms with Crippen molar-refractivity contribution in [1.82, 2.24) is 9.78 Å². The Morgan fingerprint density at radius 1 is 1.41 bits per heavy atom. The Bertz CT molecular complexity index is 396. The number of methoxy groups -OCH3 is 1. The van der Waals surface area contributed by atoms with E-state index >= 15 is 0 Å². The first-order valence-electron chi connectivity index (χ1n) is 5.73. The maximum Gasteiger partial charge on any atom is 0.213 e. The fourth-order valence-corrected chi connectivity index (χ4v) is 1.56. The minimum Gasteiger partial charge on any atom is -0.493 e. The first-order chi connectivity index (χ1) is 7.90. The molecule has 5 heteroatoms. The number of nitrogens with zero attached hydrogens (tertiary/aromatic N) is 2. The van der Waals surface area contributed by atoms with Gasteiger partial charge in [-0.1, -0.05) is 13.8 Å². The van der Waals surface area contributed by atoms with Crippen LogP contribution in [0.4, 0.5) is 0 Å². The first kappa shape index (κ1) is 13.7. The molecule has 96 valence electrons. The number of aliphatic hydroxyl groups excluding tert-OH is 1. The van der Waals surface area contributed by atoms with Gasteiger partial charge in [0, 0.05) is 6.04 Å². The lowest BCUT2D eigenvalue weighted by Gasteiger charge is -2.16. The minimum atomic E-state index is -1.03.